The molecule has 0 rings (SSSR count). The highest BCUT2D eigenvalue weighted by Gasteiger charge is 2.38. The molecule has 180 valence electrons. The highest BCUT2D eigenvalue weighted by atomic mass is 31.2. The number of carbonyl (C=O) groups is 2. The van der Waals surface area contributed by atoms with Crippen LogP contribution in [0.5, 0.6) is 0 Å². The summed E-state index contributed by atoms with van der Waals surface area (Å²) in [6.07, 6.45) is -0.572. The number of carbonyl (C=O) groups excluding carboxylic acids is 2. The first-order chi connectivity index (χ1) is 12.8. The topological polar surface area (TPSA) is 134 Å². The molecular formula is C20H43N2O7P. The first-order valence-electron chi connectivity index (χ1n) is 9.75. The normalized spacial score (nSPS) is 15.5. The highest BCUT2D eigenvalue weighted by molar-refractivity contribution is 7.47. The molecular weight excluding hydrogens is 411 g/mol. The highest BCUT2D eigenvalue weighted by Crippen LogP contribution is 2.48. The van der Waals surface area contributed by atoms with Gasteiger partial charge in [0.05, 0.1) is 12.2 Å². The van der Waals surface area contributed by atoms with Crippen LogP contribution in [0.4, 0.5) is 0 Å². The van der Waals surface area contributed by atoms with E-state index in [-0.39, 0.29) is 38.3 Å². The smallest absolute Gasteiger partial charge is 0.383 e. The first-order valence-corrected chi connectivity index (χ1v) is 11.2. The molecule has 10 heteroatoms. The fourth-order valence-corrected chi connectivity index (χ4v) is 3.36. The fraction of sp³-hybridized carbons (Fsp3) is 0.900. The second-order valence-corrected chi connectivity index (χ2v) is 11.4. The zero-order valence-corrected chi connectivity index (χ0v) is 19.9. The summed E-state index contributed by atoms with van der Waals surface area (Å²) in [5.74, 6) is -0.877. The zero-order chi connectivity index (χ0) is 23.1. The number of aliphatic hydroxyl groups excluding tert-OH is 1. The molecule has 0 radical (unpaired) electrons. The SMILES string of the molecule is C.CC(C)(C)CCNC(=O)CCNC(=O)[C@@H](O)C(C)(C)COP(=O)(O)OC(C)(C)C. The van der Waals surface area contributed by atoms with Gasteiger partial charge in [0.1, 0.15) is 6.10 Å². The lowest BCUT2D eigenvalue weighted by atomic mass is 9.87. The van der Waals surface area contributed by atoms with Gasteiger partial charge in [0.2, 0.25) is 11.8 Å². The van der Waals surface area contributed by atoms with Crippen molar-refractivity contribution in [3.8, 4) is 0 Å². The maximum Gasteiger partial charge on any atom is 0.472 e. The van der Waals surface area contributed by atoms with E-state index in [2.05, 4.69) is 31.4 Å². The van der Waals surface area contributed by atoms with Gasteiger partial charge in [0, 0.05) is 24.9 Å². The number of aliphatic hydroxyl groups is 1. The van der Waals surface area contributed by atoms with Gasteiger partial charge in [-0.15, -0.1) is 0 Å². The molecule has 0 heterocycles. The Labute approximate surface area is 181 Å². The number of rotatable bonds is 11. The Morgan fingerprint density at radius 2 is 1.53 bits per heavy atom. The maximum absolute atomic E-state index is 12.2. The lowest BCUT2D eigenvalue weighted by molar-refractivity contribution is -0.137. The Bertz CT molecular complexity index is 595. The summed E-state index contributed by atoms with van der Waals surface area (Å²) < 4.78 is 21.9. The molecule has 2 atom stereocenters. The van der Waals surface area contributed by atoms with E-state index in [1.807, 2.05) is 0 Å². The zero-order valence-electron chi connectivity index (χ0n) is 19.0. The van der Waals surface area contributed by atoms with Crippen molar-refractivity contribution < 1.29 is 33.2 Å². The van der Waals surface area contributed by atoms with Crippen LogP contribution in [0.25, 0.3) is 0 Å². The average Bonchev–Trinajstić information content (AvgIpc) is 2.48. The van der Waals surface area contributed by atoms with Crippen LogP contribution in [-0.2, 0) is 23.2 Å². The van der Waals surface area contributed by atoms with E-state index in [0.29, 0.717) is 6.54 Å². The number of phosphoric acid groups is 1. The van der Waals surface area contributed by atoms with E-state index in [0.717, 1.165) is 6.42 Å². The molecule has 0 aromatic heterocycles. The largest absolute Gasteiger partial charge is 0.472 e. The minimum atomic E-state index is -4.33. The summed E-state index contributed by atoms with van der Waals surface area (Å²) in [4.78, 5) is 33.7. The fourth-order valence-electron chi connectivity index (χ4n) is 2.12. The van der Waals surface area contributed by atoms with Gasteiger partial charge in [-0.3, -0.25) is 18.6 Å². The van der Waals surface area contributed by atoms with Gasteiger partial charge in [-0.25, -0.2) is 4.57 Å². The van der Waals surface area contributed by atoms with Gasteiger partial charge in [-0.1, -0.05) is 42.0 Å². The van der Waals surface area contributed by atoms with Crippen molar-refractivity contribution in [2.45, 2.75) is 87.4 Å². The third-order valence-corrected chi connectivity index (χ3v) is 5.06. The second-order valence-electron chi connectivity index (χ2n) is 10.0. The van der Waals surface area contributed by atoms with Crippen LogP contribution in [0, 0.1) is 10.8 Å². The quantitative estimate of drug-likeness (QED) is 0.353. The van der Waals surface area contributed by atoms with Gasteiger partial charge in [0.25, 0.3) is 0 Å². The Hall–Kier alpha value is -0.990. The van der Waals surface area contributed by atoms with E-state index < -0.39 is 30.8 Å². The molecule has 0 aromatic rings. The van der Waals surface area contributed by atoms with Crippen LogP contribution in [0.1, 0.15) is 75.7 Å². The number of amides is 2. The molecule has 0 aliphatic rings. The molecule has 0 aliphatic carbocycles. The standard InChI is InChI=1S/C19H39N2O7P.CH4/c1-17(2,3)10-12-20-14(22)9-11-21-16(24)15(23)19(7,8)13-27-29(25,26)28-18(4,5)6;/h15,23H,9-13H2,1-8H3,(H,20,22)(H,21,24)(H,25,26);1H4/t15-;/m1./s1. The van der Waals surface area contributed by atoms with Crippen molar-refractivity contribution in [3.05, 3.63) is 0 Å². The molecule has 2 amide bonds. The molecule has 0 saturated heterocycles. The van der Waals surface area contributed by atoms with Crippen LogP contribution >= 0.6 is 7.82 Å². The Balaban J connectivity index is 0. The van der Waals surface area contributed by atoms with E-state index in [4.69, 9.17) is 9.05 Å². The van der Waals surface area contributed by atoms with E-state index in [1.54, 1.807) is 20.8 Å². The van der Waals surface area contributed by atoms with Crippen molar-refractivity contribution in [3.63, 3.8) is 0 Å². The van der Waals surface area contributed by atoms with Crippen molar-refractivity contribution in [1.82, 2.24) is 10.6 Å². The minimum absolute atomic E-state index is 0. The maximum atomic E-state index is 12.2. The lowest BCUT2D eigenvalue weighted by Crippen LogP contribution is -2.46. The predicted octanol–water partition coefficient (Wildman–Crippen LogP) is 3.00. The van der Waals surface area contributed by atoms with Gasteiger partial charge >= 0.3 is 7.82 Å². The van der Waals surface area contributed by atoms with Crippen LogP contribution in [0.3, 0.4) is 0 Å². The van der Waals surface area contributed by atoms with Crippen LogP contribution in [0.2, 0.25) is 0 Å². The molecule has 0 aromatic carbocycles. The van der Waals surface area contributed by atoms with Gasteiger partial charge in [0.15, 0.2) is 0 Å². The molecule has 0 saturated carbocycles. The molecule has 0 aliphatic heterocycles. The number of hydrogen-bond acceptors (Lipinski definition) is 6. The molecule has 0 bridgehead atoms. The number of hydrogen-bond donors (Lipinski definition) is 4. The van der Waals surface area contributed by atoms with E-state index >= 15 is 0 Å². The summed E-state index contributed by atoms with van der Waals surface area (Å²) >= 11 is 0. The first kappa shape index (κ1) is 31.2. The van der Waals surface area contributed by atoms with Crippen molar-refractivity contribution in [2.24, 2.45) is 10.8 Å². The molecule has 1 unspecified atom stereocenters. The summed E-state index contributed by atoms with van der Waals surface area (Å²) in [7, 11) is -4.33. The van der Waals surface area contributed by atoms with Gasteiger partial charge < -0.3 is 20.6 Å². The van der Waals surface area contributed by atoms with Crippen LogP contribution in [-0.4, -0.2) is 53.2 Å². The summed E-state index contributed by atoms with van der Waals surface area (Å²) in [5.41, 5.74) is -1.92. The molecule has 4 N–H and O–H groups in total. The van der Waals surface area contributed by atoms with Gasteiger partial charge in [-0.05, 0) is 32.6 Å². The summed E-state index contributed by atoms with van der Waals surface area (Å²) in [6.45, 7) is 14.3. The molecule has 30 heavy (non-hydrogen) atoms. The molecule has 0 spiro atoms. The molecule has 0 fully saturated rings. The second kappa shape index (κ2) is 12.2. The van der Waals surface area contributed by atoms with Crippen molar-refractivity contribution in [2.75, 3.05) is 19.7 Å². The average molecular weight is 455 g/mol. The van der Waals surface area contributed by atoms with Crippen LogP contribution in [0.15, 0.2) is 0 Å². The number of phosphoric ester groups is 1. The van der Waals surface area contributed by atoms with Crippen molar-refractivity contribution in [1.29, 1.82) is 0 Å². The predicted molar refractivity (Wildman–Crippen MR) is 118 cm³/mol. The summed E-state index contributed by atoms with van der Waals surface area (Å²) in [6, 6.07) is 0. The van der Waals surface area contributed by atoms with E-state index in [9.17, 15) is 24.2 Å². The van der Waals surface area contributed by atoms with Gasteiger partial charge in [-0.2, -0.15) is 0 Å². The van der Waals surface area contributed by atoms with Crippen molar-refractivity contribution >= 4 is 19.6 Å². The lowest BCUT2D eigenvalue weighted by Gasteiger charge is -2.31. The monoisotopic (exact) mass is 454 g/mol. The molecule has 9 nitrogen and oxygen atoms in total. The van der Waals surface area contributed by atoms with Crippen LogP contribution < -0.4 is 10.6 Å². The minimum Gasteiger partial charge on any atom is -0.383 e. The summed E-state index contributed by atoms with van der Waals surface area (Å²) in [5, 5.41) is 15.5. The van der Waals surface area contributed by atoms with E-state index in [1.165, 1.54) is 13.8 Å². The third-order valence-electron chi connectivity index (χ3n) is 3.83. The number of nitrogens with one attached hydrogen (secondary N) is 2. The third kappa shape index (κ3) is 14.9. The Morgan fingerprint density at radius 1 is 1.00 bits per heavy atom. The Morgan fingerprint density at radius 3 is 2.00 bits per heavy atom. The Kier molecular flexibility index (Phi) is 12.6.